The van der Waals surface area contributed by atoms with Gasteiger partial charge in [0.25, 0.3) is 5.91 Å². The Morgan fingerprint density at radius 1 is 1.30 bits per heavy atom. The molecule has 1 saturated heterocycles. The molecule has 0 bridgehead atoms. The van der Waals surface area contributed by atoms with Crippen LogP contribution in [0.15, 0.2) is 24.3 Å². The fourth-order valence-electron chi connectivity index (χ4n) is 3.34. The molecule has 1 aliphatic rings. The minimum absolute atomic E-state index is 0.303. The quantitative estimate of drug-likeness (QED) is 0.424. The van der Waals surface area contributed by atoms with Crippen molar-refractivity contribution < 1.29 is 19.1 Å². The first-order chi connectivity index (χ1) is 14.3. The van der Waals surface area contributed by atoms with Gasteiger partial charge in [0.15, 0.2) is 4.77 Å². The van der Waals surface area contributed by atoms with E-state index in [9.17, 15) is 14.4 Å². The first-order valence-electron chi connectivity index (χ1n) is 9.49. The second-order valence-corrected chi connectivity index (χ2v) is 7.35. The molecule has 3 rings (SSSR count). The Labute approximate surface area is 178 Å². The molecule has 1 unspecified atom stereocenters. The number of nitrogens with one attached hydrogen (secondary N) is 3. The van der Waals surface area contributed by atoms with Crippen LogP contribution in [0.4, 0.5) is 4.79 Å². The van der Waals surface area contributed by atoms with Gasteiger partial charge in [0, 0.05) is 19.5 Å². The molecule has 1 atom stereocenters. The number of ether oxygens (including phenoxy) is 1. The molecule has 1 aromatic carbocycles. The van der Waals surface area contributed by atoms with E-state index in [0.717, 1.165) is 10.7 Å². The van der Waals surface area contributed by atoms with Crippen molar-refractivity contribution in [2.45, 2.75) is 32.4 Å². The molecule has 1 aliphatic heterocycles. The average Bonchev–Trinajstić information content (AvgIpc) is 3.20. The van der Waals surface area contributed by atoms with Gasteiger partial charge in [-0.25, -0.2) is 4.79 Å². The number of hydrogen-bond acceptors (Lipinski definition) is 6. The molecule has 11 heteroatoms. The summed E-state index contributed by atoms with van der Waals surface area (Å²) in [6.45, 7) is 4.17. The van der Waals surface area contributed by atoms with Gasteiger partial charge in [-0.2, -0.15) is 5.10 Å². The van der Waals surface area contributed by atoms with E-state index in [2.05, 4.69) is 20.8 Å². The molecular weight excluding hydrogens is 408 g/mol. The van der Waals surface area contributed by atoms with Crippen molar-refractivity contribution in [3.8, 4) is 5.75 Å². The number of aromatic amines is 1. The van der Waals surface area contributed by atoms with Gasteiger partial charge in [-0.15, -0.1) is 0 Å². The zero-order chi connectivity index (χ0) is 21.9. The van der Waals surface area contributed by atoms with Crippen LogP contribution in [0.3, 0.4) is 0 Å². The lowest BCUT2D eigenvalue weighted by atomic mass is 9.92. The van der Waals surface area contributed by atoms with Crippen LogP contribution in [0.25, 0.3) is 0 Å². The van der Waals surface area contributed by atoms with Crippen molar-refractivity contribution >= 4 is 30.1 Å². The lowest BCUT2D eigenvalue weighted by Gasteiger charge is -2.22. The molecule has 2 aromatic rings. The minimum Gasteiger partial charge on any atom is -0.497 e. The van der Waals surface area contributed by atoms with E-state index in [4.69, 9.17) is 17.0 Å². The van der Waals surface area contributed by atoms with Gasteiger partial charge >= 0.3 is 6.03 Å². The third-order valence-corrected chi connectivity index (χ3v) is 5.38. The Hall–Kier alpha value is -3.21. The summed E-state index contributed by atoms with van der Waals surface area (Å²) in [6, 6.07) is 6.23. The van der Waals surface area contributed by atoms with E-state index in [1.165, 1.54) is 0 Å². The number of carbonyl (C=O) groups is 3. The van der Waals surface area contributed by atoms with Gasteiger partial charge < -0.3 is 19.9 Å². The number of imide groups is 1. The lowest BCUT2D eigenvalue weighted by molar-refractivity contribution is -0.134. The predicted octanol–water partition coefficient (Wildman–Crippen LogP) is 1.10. The normalized spacial score (nSPS) is 18.4. The van der Waals surface area contributed by atoms with Gasteiger partial charge in [0.05, 0.1) is 7.11 Å². The average molecular weight is 433 g/mol. The number of urea groups is 1. The maximum absolute atomic E-state index is 12.9. The van der Waals surface area contributed by atoms with E-state index in [-0.39, 0.29) is 6.54 Å². The molecule has 10 nitrogen and oxygen atoms in total. The number of aromatic nitrogens is 3. The molecule has 3 N–H and O–H groups in total. The number of benzene rings is 1. The molecule has 0 radical (unpaired) electrons. The third kappa shape index (κ3) is 4.06. The highest BCUT2D eigenvalue weighted by atomic mass is 32.1. The van der Waals surface area contributed by atoms with E-state index >= 15 is 0 Å². The van der Waals surface area contributed by atoms with Gasteiger partial charge in [0.1, 0.15) is 23.7 Å². The highest BCUT2D eigenvalue weighted by Gasteiger charge is 2.49. The number of carbonyl (C=O) groups excluding carboxylic acids is 3. The van der Waals surface area contributed by atoms with Gasteiger partial charge in [0.2, 0.25) is 5.91 Å². The van der Waals surface area contributed by atoms with Crippen LogP contribution in [0.2, 0.25) is 0 Å². The molecule has 0 aliphatic carbocycles. The second-order valence-electron chi connectivity index (χ2n) is 6.96. The topological polar surface area (TPSA) is 121 Å². The van der Waals surface area contributed by atoms with Gasteiger partial charge in [-0.05, 0) is 43.8 Å². The Bertz CT molecular complexity index is 1010. The maximum Gasteiger partial charge on any atom is 0.325 e. The summed E-state index contributed by atoms with van der Waals surface area (Å²) in [5, 5.41) is 12.2. The van der Waals surface area contributed by atoms with Crippen LogP contribution < -0.4 is 15.4 Å². The fourth-order valence-corrected chi connectivity index (χ4v) is 3.62. The van der Waals surface area contributed by atoms with Crippen molar-refractivity contribution in [3.63, 3.8) is 0 Å². The summed E-state index contributed by atoms with van der Waals surface area (Å²) in [7, 11) is 1.55. The molecule has 0 saturated carbocycles. The summed E-state index contributed by atoms with van der Waals surface area (Å²) in [5.74, 6) is 0.444. The maximum atomic E-state index is 12.9. The minimum atomic E-state index is -1.24. The summed E-state index contributed by atoms with van der Waals surface area (Å²) in [6.07, 6.45) is 0.469. The van der Waals surface area contributed by atoms with Gasteiger partial charge in [-0.3, -0.25) is 19.6 Å². The zero-order valence-corrected chi connectivity index (χ0v) is 17.8. The molecular formula is C19H24N6O4S. The van der Waals surface area contributed by atoms with E-state index in [1.807, 2.05) is 11.5 Å². The highest BCUT2D eigenvalue weighted by Crippen LogP contribution is 2.29. The molecule has 0 spiro atoms. The number of hydrogen-bond donors (Lipinski definition) is 3. The van der Waals surface area contributed by atoms with E-state index < -0.39 is 23.4 Å². The molecule has 160 valence electrons. The number of methoxy groups -OCH3 is 1. The number of nitrogens with zero attached hydrogens (tertiary/aromatic N) is 3. The molecule has 1 fully saturated rings. The van der Waals surface area contributed by atoms with Crippen LogP contribution in [0.1, 0.15) is 25.2 Å². The summed E-state index contributed by atoms with van der Waals surface area (Å²) in [4.78, 5) is 38.5. The zero-order valence-electron chi connectivity index (χ0n) is 17.0. The third-order valence-electron chi connectivity index (χ3n) is 5.07. The highest BCUT2D eigenvalue weighted by molar-refractivity contribution is 7.71. The van der Waals surface area contributed by atoms with Crippen molar-refractivity contribution in [2.24, 2.45) is 0 Å². The standard InChI is InChI=1S/C19H24N6O4S/c1-4-24-14(22-23-18(24)30)9-10-20-15(26)11-25-16(27)19(2,21-17(25)28)12-5-7-13(29-3)8-6-12/h5-8H,4,9-11H2,1-3H3,(H,20,26)(H,21,28)(H,23,30). The fraction of sp³-hybridized carbons (Fsp3) is 0.421. The molecule has 4 amide bonds. The first kappa shape index (κ1) is 21.5. The summed E-state index contributed by atoms with van der Waals surface area (Å²) >= 11 is 5.13. The van der Waals surface area contributed by atoms with Crippen LogP contribution >= 0.6 is 12.2 Å². The lowest BCUT2D eigenvalue weighted by Crippen LogP contribution is -2.43. The number of amides is 4. The van der Waals surface area contributed by atoms with Crippen molar-refractivity contribution in [1.82, 2.24) is 30.3 Å². The van der Waals surface area contributed by atoms with Crippen LogP contribution in [-0.2, 0) is 28.1 Å². The number of rotatable bonds is 8. The van der Waals surface area contributed by atoms with Crippen LogP contribution in [-0.4, -0.2) is 57.7 Å². The van der Waals surface area contributed by atoms with Crippen molar-refractivity contribution in [3.05, 3.63) is 40.4 Å². The Balaban J connectivity index is 1.60. The largest absolute Gasteiger partial charge is 0.497 e. The Morgan fingerprint density at radius 3 is 2.63 bits per heavy atom. The van der Waals surface area contributed by atoms with Gasteiger partial charge in [-0.1, -0.05) is 12.1 Å². The van der Waals surface area contributed by atoms with Crippen molar-refractivity contribution in [1.29, 1.82) is 0 Å². The second kappa shape index (κ2) is 8.66. The number of H-pyrrole nitrogens is 1. The van der Waals surface area contributed by atoms with Crippen molar-refractivity contribution in [2.75, 3.05) is 20.2 Å². The van der Waals surface area contributed by atoms with Crippen LogP contribution in [0, 0.1) is 4.77 Å². The Morgan fingerprint density at radius 2 is 2.00 bits per heavy atom. The SMILES string of the molecule is CCn1c(CCNC(=O)CN2C(=O)NC(C)(c3ccc(OC)cc3)C2=O)n[nH]c1=S. The van der Waals surface area contributed by atoms with Crippen LogP contribution in [0.5, 0.6) is 5.75 Å². The molecule has 1 aromatic heterocycles. The summed E-state index contributed by atoms with van der Waals surface area (Å²) < 4.78 is 7.48. The van der Waals surface area contributed by atoms with E-state index in [1.54, 1.807) is 38.3 Å². The molecule has 30 heavy (non-hydrogen) atoms. The monoisotopic (exact) mass is 432 g/mol. The predicted molar refractivity (Wildman–Crippen MR) is 110 cm³/mol. The first-order valence-corrected chi connectivity index (χ1v) is 9.90. The molecule has 2 heterocycles. The smallest absolute Gasteiger partial charge is 0.325 e. The van der Waals surface area contributed by atoms with E-state index in [0.29, 0.717) is 35.6 Å². The summed E-state index contributed by atoms with van der Waals surface area (Å²) in [5.41, 5.74) is -0.641. The Kier molecular flexibility index (Phi) is 6.20.